The number of ether oxygens (including phenoxy) is 1. The molecule has 142 valence electrons. The Kier molecular flexibility index (Phi) is 5.10. The quantitative estimate of drug-likeness (QED) is 0.818. The highest BCUT2D eigenvalue weighted by Gasteiger charge is 2.34. The SMILES string of the molecule is CC(C)(C)OC(=O)NC1CCc2sc(CC(=O)C3CC3)c(C(=O)O)c2C1. The number of rotatable bonds is 5. The molecule has 26 heavy (non-hydrogen) atoms. The molecule has 6 nitrogen and oxygen atoms in total. The number of aromatic carboxylic acids is 1. The molecular weight excluding hydrogens is 354 g/mol. The van der Waals surface area contributed by atoms with Crippen LogP contribution in [0.5, 0.6) is 0 Å². The molecule has 1 aromatic heterocycles. The van der Waals surface area contributed by atoms with Crippen LogP contribution in [-0.4, -0.2) is 34.6 Å². The van der Waals surface area contributed by atoms with E-state index in [1.807, 2.05) is 0 Å². The van der Waals surface area contributed by atoms with Crippen LogP contribution >= 0.6 is 11.3 Å². The first-order chi connectivity index (χ1) is 12.1. The lowest BCUT2D eigenvalue weighted by molar-refractivity contribution is -0.119. The Morgan fingerprint density at radius 1 is 1.23 bits per heavy atom. The first kappa shape index (κ1) is 18.9. The van der Waals surface area contributed by atoms with E-state index in [-0.39, 0.29) is 29.7 Å². The van der Waals surface area contributed by atoms with Gasteiger partial charge in [0.15, 0.2) is 0 Å². The average molecular weight is 379 g/mol. The topological polar surface area (TPSA) is 92.7 Å². The lowest BCUT2D eigenvalue weighted by atomic mass is 9.90. The van der Waals surface area contributed by atoms with Crippen LogP contribution in [-0.2, 0) is 28.8 Å². The minimum Gasteiger partial charge on any atom is -0.478 e. The molecule has 0 radical (unpaired) electrons. The zero-order chi connectivity index (χ0) is 19.1. The lowest BCUT2D eigenvalue weighted by Crippen LogP contribution is -2.41. The molecule has 1 amide bonds. The fraction of sp³-hybridized carbons (Fsp3) is 0.632. The van der Waals surface area contributed by atoms with Crippen molar-refractivity contribution in [2.75, 3.05) is 0 Å². The van der Waals surface area contributed by atoms with Gasteiger partial charge in [-0.2, -0.15) is 0 Å². The summed E-state index contributed by atoms with van der Waals surface area (Å²) in [7, 11) is 0. The van der Waals surface area contributed by atoms with E-state index in [1.165, 1.54) is 11.3 Å². The van der Waals surface area contributed by atoms with E-state index >= 15 is 0 Å². The van der Waals surface area contributed by atoms with Gasteiger partial charge in [-0.1, -0.05) is 0 Å². The second kappa shape index (κ2) is 7.02. The maximum atomic E-state index is 12.1. The van der Waals surface area contributed by atoms with Crippen LogP contribution in [0.1, 0.15) is 65.7 Å². The number of aryl methyl sites for hydroxylation is 1. The third kappa shape index (κ3) is 4.44. The van der Waals surface area contributed by atoms with E-state index in [0.29, 0.717) is 17.7 Å². The molecule has 1 aromatic rings. The number of carbonyl (C=O) groups is 3. The molecule has 7 heteroatoms. The first-order valence-electron chi connectivity index (χ1n) is 9.03. The molecule has 1 heterocycles. The maximum Gasteiger partial charge on any atom is 0.407 e. The number of ketones is 1. The Bertz CT molecular complexity index is 742. The third-order valence-corrected chi connectivity index (χ3v) is 5.93. The number of hydrogen-bond acceptors (Lipinski definition) is 5. The fourth-order valence-corrected chi connectivity index (χ4v) is 4.67. The number of Topliss-reactive ketones (excluding diaryl/α,β-unsaturated/α-hetero) is 1. The zero-order valence-corrected chi connectivity index (χ0v) is 16.2. The van der Waals surface area contributed by atoms with Crippen molar-refractivity contribution < 1.29 is 24.2 Å². The van der Waals surface area contributed by atoms with Crippen LogP contribution < -0.4 is 5.32 Å². The monoisotopic (exact) mass is 379 g/mol. The van der Waals surface area contributed by atoms with Crippen LogP contribution in [0.2, 0.25) is 0 Å². The van der Waals surface area contributed by atoms with Gasteiger partial charge in [-0.25, -0.2) is 9.59 Å². The minimum absolute atomic E-state index is 0.123. The van der Waals surface area contributed by atoms with Gasteiger partial charge in [-0.15, -0.1) is 11.3 Å². The molecule has 2 aliphatic carbocycles. The molecule has 2 aliphatic rings. The van der Waals surface area contributed by atoms with Gasteiger partial charge in [0.25, 0.3) is 0 Å². The van der Waals surface area contributed by atoms with Crippen molar-refractivity contribution in [1.82, 2.24) is 5.32 Å². The summed E-state index contributed by atoms with van der Waals surface area (Å²) in [5.41, 5.74) is 0.470. The lowest BCUT2D eigenvalue weighted by Gasteiger charge is -2.26. The molecule has 3 rings (SSSR count). The predicted octanol–water partition coefficient (Wildman–Crippen LogP) is 3.35. The van der Waals surface area contributed by atoms with E-state index in [9.17, 15) is 19.5 Å². The largest absolute Gasteiger partial charge is 0.478 e. The van der Waals surface area contributed by atoms with Gasteiger partial charge in [0.05, 0.1) is 5.56 Å². The number of carboxylic acids is 1. The molecule has 2 N–H and O–H groups in total. The van der Waals surface area contributed by atoms with E-state index < -0.39 is 17.7 Å². The second-order valence-electron chi connectivity index (χ2n) is 8.11. The highest BCUT2D eigenvalue weighted by Crippen LogP contribution is 2.37. The van der Waals surface area contributed by atoms with E-state index in [2.05, 4.69) is 5.32 Å². The Labute approximate surface area is 156 Å². The molecule has 0 spiro atoms. The van der Waals surface area contributed by atoms with Gasteiger partial charge in [0, 0.05) is 28.1 Å². The smallest absolute Gasteiger partial charge is 0.407 e. The van der Waals surface area contributed by atoms with Gasteiger partial charge in [0.2, 0.25) is 0 Å². The summed E-state index contributed by atoms with van der Waals surface area (Å²) < 4.78 is 5.29. The average Bonchev–Trinajstić information content (AvgIpc) is 3.27. The summed E-state index contributed by atoms with van der Waals surface area (Å²) in [4.78, 5) is 37.7. The number of alkyl carbamates (subject to hydrolysis) is 1. The number of fused-ring (bicyclic) bond motifs is 1. The maximum absolute atomic E-state index is 12.1. The number of nitrogens with one attached hydrogen (secondary N) is 1. The van der Waals surface area contributed by atoms with Crippen molar-refractivity contribution in [3.63, 3.8) is 0 Å². The number of hydrogen-bond donors (Lipinski definition) is 2. The van der Waals surface area contributed by atoms with Crippen LogP contribution in [0.3, 0.4) is 0 Å². The fourth-order valence-electron chi connectivity index (χ4n) is 3.32. The van der Waals surface area contributed by atoms with Crippen molar-refractivity contribution in [2.45, 2.75) is 70.9 Å². The molecular formula is C19H25NO5S. The van der Waals surface area contributed by atoms with Crippen molar-refractivity contribution in [3.8, 4) is 0 Å². The Morgan fingerprint density at radius 2 is 1.92 bits per heavy atom. The minimum atomic E-state index is -0.987. The summed E-state index contributed by atoms with van der Waals surface area (Å²) in [5.74, 6) is -0.717. The highest BCUT2D eigenvalue weighted by molar-refractivity contribution is 7.12. The number of carbonyl (C=O) groups excluding carboxylic acids is 2. The summed E-state index contributed by atoms with van der Waals surface area (Å²) in [6, 6.07) is -0.156. The number of thiophene rings is 1. The molecule has 1 fully saturated rings. The second-order valence-corrected chi connectivity index (χ2v) is 9.30. The Morgan fingerprint density at radius 3 is 2.50 bits per heavy atom. The molecule has 1 unspecified atom stereocenters. The zero-order valence-electron chi connectivity index (χ0n) is 15.4. The molecule has 0 bridgehead atoms. The predicted molar refractivity (Wildman–Crippen MR) is 97.9 cm³/mol. The van der Waals surface area contributed by atoms with Crippen molar-refractivity contribution in [1.29, 1.82) is 0 Å². The van der Waals surface area contributed by atoms with Crippen molar-refractivity contribution >= 4 is 29.2 Å². The van der Waals surface area contributed by atoms with Crippen LogP contribution in [0.15, 0.2) is 0 Å². The summed E-state index contributed by atoms with van der Waals surface area (Å²) in [6.45, 7) is 5.41. The van der Waals surface area contributed by atoms with E-state index in [1.54, 1.807) is 20.8 Å². The highest BCUT2D eigenvalue weighted by atomic mass is 32.1. The number of amides is 1. The first-order valence-corrected chi connectivity index (χ1v) is 9.84. The third-order valence-electron chi connectivity index (χ3n) is 4.64. The normalized spacial score (nSPS) is 19.6. The molecule has 0 aromatic carbocycles. The Balaban J connectivity index is 1.74. The Hall–Kier alpha value is -1.89. The van der Waals surface area contributed by atoms with Gasteiger partial charge in [-0.05, 0) is 58.4 Å². The van der Waals surface area contributed by atoms with Gasteiger partial charge in [-0.3, -0.25) is 4.79 Å². The molecule has 0 aliphatic heterocycles. The summed E-state index contributed by atoms with van der Waals surface area (Å²) in [5, 5.41) is 12.5. The van der Waals surface area contributed by atoms with Gasteiger partial charge in [0.1, 0.15) is 11.4 Å². The van der Waals surface area contributed by atoms with Gasteiger partial charge >= 0.3 is 12.1 Å². The molecule has 1 saturated carbocycles. The molecule has 0 saturated heterocycles. The van der Waals surface area contributed by atoms with Crippen LogP contribution in [0, 0.1) is 5.92 Å². The van der Waals surface area contributed by atoms with Crippen LogP contribution in [0.4, 0.5) is 4.79 Å². The number of carboxylic acid groups (broad SMARTS) is 1. The van der Waals surface area contributed by atoms with Crippen molar-refractivity contribution in [3.05, 3.63) is 20.9 Å². The summed E-state index contributed by atoms with van der Waals surface area (Å²) >= 11 is 1.45. The van der Waals surface area contributed by atoms with Gasteiger partial charge < -0.3 is 15.2 Å². The van der Waals surface area contributed by atoms with Crippen LogP contribution in [0.25, 0.3) is 0 Å². The molecule has 1 atom stereocenters. The van der Waals surface area contributed by atoms with Crippen molar-refractivity contribution in [2.24, 2.45) is 5.92 Å². The van der Waals surface area contributed by atoms with E-state index in [0.717, 1.165) is 29.7 Å². The standard InChI is InChI=1S/C19H25NO5S/c1-19(2,3)25-18(24)20-11-6-7-14-12(8-11)16(17(22)23)15(26-14)9-13(21)10-4-5-10/h10-11H,4-9H2,1-3H3,(H,20,24)(H,22,23). The van der Waals surface area contributed by atoms with E-state index in [4.69, 9.17) is 4.74 Å². The summed E-state index contributed by atoms with van der Waals surface area (Å²) in [6.07, 6.45) is 3.49.